The van der Waals surface area contributed by atoms with Crippen molar-refractivity contribution in [3.05, 3.63) is 50.4 Å². The lowest BCUT2D eigenvalue weighted by Gasteiger charge is -2.23. The molecule has 0 fully saturated rings. The largest absolute Gasteiger partial charge is 0.309 e. The van der Waals surface area contributed by atoms with Crippen LogP contribution in [-0.2, 0) is 6.42 Å². The SMILES string of the molecule is CCNC(c1cc(Br)cs1)C1CCc2cccnc21. The van der Waals surface area contributed by atoms with Crippen LogP contribution < -0.4 is 5.32 Å². The molecule has 2 unspecified atom stereocenters. The minimum Gasteiger partial charge on any atom is -0.309 e. The average Bonchev–Trinajstić information content (AvgIpc) is 3.03. The summed E-state index contributed by atoms with van der Waals surface area (Å²) in [6.45, 7) is 3.16. The molecule has 2 atom stereocenters. The minimum atomic E-state index is 0.387. The van der Waals surface area contributed by atoms with Gasteiger partial charge in [0.1, 0.15) is 0 Å². The fourth-order valence-electron chi connectivity index (χ4n) is 2.92. The Hall–Kier alpha value is -0.710. The van der Waals surface area contributed by atoms with Crippen molar-refractivity contribution in [1.82, 2.24) is 10.3 Å². The first-order chi connectivity index (χ1) is 9.29. The Labute approximate surface area is 126 Å². The molecule has 0 saturated carbocycles. The van der Waals surface area contributed by atoms with Crippen molar-refractivity contribution >= 4 is 27.3 Å². The second-order valence-electron chi connectivity index (χ2n) is 4.90. The van der Waals surface area contributed by atoms with Crippen molar-refractivity contribution in [2.75, 3.05) is 6.54 Å². The highest BCUT2D eigenvalue weighted by Gasteiger charge is 2.32. The quantitative estimate of drug-likeness (QED) is 0.900. The Bertz CT molecular complexity index is 567. The van der Waals surface area contributed by atoms with Gasteiger partial charge in [-0.1, -0.05) is 13.0 Å². The molecule has 0 bridgehead atoms. The number of thiophene rings is 1. The van der Waals surface area contributed by atoms with E-state index in [9.17, 15) is 0 Å². The predicted molar refractivity (Wildman–Crippen MR) is 83.7 cm³/mol. The molecule has 100 valence electrons. The average molecular weight is 337 g/mol. The first-order valence-electron chi connectivity index (χ1n) is 6.70. The Balaban J connectivity index is 1.94. The zero-order valence-electron chi connectivity index (χ0n) is 10.9. The van der Waals surface area contributed by atoms with Gasteiger partial charge in [0.25, 0.3) is 0 Å². The highest BCUT2D eigenvalue weighted by atomic mass is 79.9. The monoisotopic (exact) mass is 336 g/mol. The van der Waals surface area contributed by atoms with Crippen LogP contribution in [0, 0.1) is 0 Å². The van der Waals surface area contributed by atoms with E-state index in [0.29, 0.717) is 12.0 Å². The zero-order valence-corrected chi connectivity index (χ0v) is 13.3. The van der Waals surface area contributed by atoms with Crippen LogP contribution in [-0.4, -0.2) is 11.5 Å². The topological polar surface area (TPSA) is 24.9 Å². The van der Waals surface area contributed by atoms with Gasteiger partial charge in [-0.3, -0.25) is 4.98 Å². The van der Waals surface area contributed by atoms with Gasteiger partial charge in [0, 0.05) is 38.6 Å². The van der Waals surface area contributed by atoms with Gasteiger partial charge in [-0.15, -0.1) is 11.3 Å². The molecule has 2 nitrogen and oxygen atoms in total. The normalized spacial score (nSPS) is 19.4. The molecule has 0 spiro atoms. The van der Waals surface area contributed by atoms with Crippen LogP contribution in [0.1, 0.15) is 41.4 Å². The number of rotatable bonds is 4. The van der Waals surface area contributed by atoms with E-state index in [4.69, 9.17) is 0 Å². The van der Waals surface area contributed by atoms with E-state index in [0.717, 1.165) is 13.0 Å². The Morgan fingerprint density at radius 3 is 3.21 bits per heavy atom. The summed E-state index contributed by atoms with van der Waals surface area (Å²) in [7, 11) is 0. The maximum Gasteiger partial charge on any atom is 0.0500 e. The maximum absolute atomic E-state index is 4.63. The van der Waals surface area contributed by atoms with Gasteiger partial charge in [-0.25, -0.2) is 0 Å². The van der Waals surface area contributed by atoms with Crippen LogP contribution in [0.2, 0.25) is 0 Å². The molecule has 4 heteroatoms. The molecule has 19 heavy (non-hydrogen) atoms. The predicted octanol–water partition coefficient (Wildman–Crippen LogP) is 4.29. The molecule has 1 aliphatic rings. The summed E-state index contributed by atoms with van der Waals surface area (Å²) in [6.07, 6.45) is 4.27. The minimum absolute atomic E-state index is 0.387. The summed E-state index contributed by atoms with van der Waals surface area (Å²) in [6, 6.07) is 6.89. The van der Waals surface area contributed by atoms with Gasteiger partial charge in [0.05, 0.1) is 0 Å². The summed E-state index contributed by atoms with van der Waals surface area (Å²) in [5.74, 6) is 0.502. The summed E-state index contributed by atoms with van der Waals surface area (Å²) in [4.78, 5) is 6.03. The van der Waals surface area contributed by atoms with Crippen molar-refractivity contribution < 1.29 is 0 Å². The molecule has 0 aliphatic heterocycles. The molecule has 0 radical (unpaired) electrons. The van der Waals surface area contributed by atoms with E-state index in [-0.39, 0.29) is 0 Å². The zero-order chi connectivity index (χ0) is 13.2. The molecule has 3 rings (SSSR count). The first kappa shape index (κ1) is 13.3. The van der Waals surface area contributed by atoms with Crippen molar-refractivity contribution in [1.29, 1.82) is 0 Å². The maximum atomic E-state index is 4.63. The Morgan fingerprint density at radius 1 is 1.58 bits per heavy atom. The van der Waals surface area contributed by atoms with E-state index >= 15 is 0 Å². The fourth-order valence-corrected chi connectivity index (χ4v) is 4.51. The van der Waals surface area contributed by atoms with Crippen molar-refractivity contribution in [2.24, 2.45) is 0 Å². The Kier molecular flexibility index (Phi) is 4.01. The van der Waals surface area contributed by atoms with Gasteiger partial charge in [0.2, 0.25) is 0 Å². The second kappa shape index (κ2) is 5.73. The number of pyridine rings is 1. The van der Waals surface area contributed by atoms with Crippen LogP contribution in [0.25, 0.3) is 0 Å². The van der Waals surface area contributed by atoms with E-state index < -0.39 is 0 Å². The summed E-state index contributed by atoms with van der Waals surface area (Å²) in [5.41, 5.74) is 2.71. The standard InChI is InChI=1S/C15H17BrN2S/c1-2-17-15(13-8-11(16)9-19-13)12-6-5-10-4-3-7-18-14(10)12/h3-4,7-9,12,15,17H,2,5-6H2,1H3. The molecule has 1 aliphatic carbocycles. The summed E-state index contributed by atoms with van der Waals surface area (Å²) in [5, 5.41) is 5.81. The third kappa shape index (κ3) is 2.62. The van der Waals surface area contributed by atoms with Crippen LogP contribution in [0.15, 0.2) is 34.2 Å². The number of nitrogens with zero attached hydrogens (tertiary/aromatic N) is 1. The number of halogens is 1. The molecule has 2 aromatic heterocycles. The van der Waals surface area contributed by atoms with E-state index in [2.05, 4.69) is 50.7 Å². The molecule has 0 aromatic carbocycles. The van der Waals surface area contributed by atoms with Crippen LogP contribution >= 0.6 is 27.3 Å². The number of nitrogens with one attached hydrogen (secondary N) is 1. The third-order valence-corrected chi connectivity index (χ3v) is 5.50. The van der Waals surface area contributed by atoms with Gasteiger partial charge in [0.15, 0.2) is 0 Å². The first-order valence-corrected chi connectivity index (χ1v) is 8.38. The number of hydrogen-bond acceptors (Lipinski definition) is 3. The van der Waals surface area contributed by atoms with Crippen molar-refractivity contribution in [3.8, 4) is 0 Å². The number of aromatic nitrogens is 1. The second-order valence-corrected chi connectivity index (χ2v) is 6.75. The van der Waals surface area contributed by atoms with Gasteiger partial charge in [-0.05, 0) is 53.0 Å². The van der Waals surface area contributed by atoms with E-state index in [1.165, 1.54) is 27.0 Å². The summed E-state index contributed by atoms with van der Waals surface area (Å²) >= 11 is 5.38. The molecule has 2 heterocycles. The number of hydrogen-bond donors (Lipinski definition) is 1. The molecule has 2 aromatic rings. The number of aryl methyl sites for hydroxylation is 1. The molecular formula is C15H17BrN2S. The van der Waals surface area contributed by atoms with Gasteiger partial charge >= 0.3 is 0 Å². The lowest BCUT2D eigenvalue weighted by atomic mass is 9.95. The van der Waals surface area contributed by atoms with Crippen molar-refractivity contribution in [3.63, 3.8) is 0 Å². The van der Waals surface area contributed by atoms with E-state index in [1.54, 1.807) is 0 Å². The van der Waals surface area contributed by atoms with E-state index in [1.807, 2.05) is 23.6 Å². The highest BCUT2D eigenvalue weighted by Crippen LogP contribution is 2.42. The molecular weight excluding hydrogens is 320 g/mol. The summed E-state index contributed by atoms with van der Waals surface area (Å²) < 4.78 is 1.18. The van der Waals surface area contributed by atoms with Crippen LogP contribution in [0.4, 0.5) is 0 Å². The molecule has 0 amide bonds. The Morgan fingerprint density at radius 2 is 2.47 bits per heavy atom. The molecule has 0 saturated heterocycles. The number of fused-ring (bicyclic) bond motifs is 1. The third-order valence-electron chi connectivity index (χ3n) is 3.72. The molecule has 1 N–H and O–H groups in total. The smallest absolute Gasteiger partial charge is 0.0500 e. The lowest BCUT2D eigenvalue weighted by molar-refractivity contribution is 0.453. The number of likely N-dealkylation sites (N-methyl/N-ethyl adjacent to an activating group) is 1. The van der Waals surface area contributed by atoms with Gasteiger partial charge < -0.3 is 5.32 Å². The fraction of sp³-hybridized carbons (Fsp3) is 0.400. The van der Waals surface area contributed by atoms with Gasteiger partial charge in [-0.2, -0.15) is 0 Å². The van der Waals surface area contributed by atoms with Crippen molar-refractivity contribution in [2.45, 2.75) is 31.7 Å². The van der Waals surface area contributed by atoms with Crippen LogP contribution in [0.3, 0.4) is 0 Å². The van der Waals surface area contributed by atoms with Crippen LogP contribution in [0.5, 0.6) is 0 Å². The lowest BCUT2D eigenvalue weighted by Crippen LogP contribution is -2.25. The highest BCUT2D eigenvalue weighted by molar-refractivity contribution is 9.10.